The third-order valence-electron chi connectivity index (χ3n) is 4.20. The molecule has 2 rings (SSSR count). The molecule has 0 aliphatic heterocycles. The van der Waals surface area contributed by atoms with Gasteiger partial charge in [-0.1, -0.05) is 13.8 Å². The molecule has 0 aliphatic rings. The number of benzene rings is 1. The molecule has 142 valence electrons. The average Bonchev–Trinajstić information content (AvgIpc) is 2.85. The van der Waals surface area contributed by atoms with E-state index < -0.39 is 0 Å². The largest absolute Gasteiger partial charge is 0.492 e. The molecule has 1 aromatic carbocycles. The van der Waals surface area contributed by atoms with Gasteiger partial charge in [0, 0.05) is 30.9 Å². The molecule has 1 amide bonds. The smallest absolute Gasteiger partial charge is 0.224 e. The number of carbonyl (C=O) groups excluding carboxylic acids is 1. The summed E-state index contributed by atoms with van der Waals surface area (Å²) in [5.41, 5.74) is 9.52. The van der Waals surface area contributed by atoms with Crippen molar-refractivity contribution in [1.82, 2.24) is 9.78 Å². The first kappa shape index (κ1) is 20.0. The van der Waals surface area contributed by atoms with Crippen LogP contribution in [0, 0.1) is 19.8 Å². The van der Waals surface area contributed by atoms with E-state index in [1.807, 2.05) is 35.9 Å². The molecule has 0 radical (unpaired) electrons. The maximum absolute atomic E-state index is 12.3. The van der Waals surface area contributed by atoms with Gasteiger partial charge in [0.1, 0.15) is 12.4 Å². The summed E-state index contributed by atoms with van der Waals surface area (Å²) in [5.74, 6) is 1.29. The Bertz CT molecular complexity index is 720. The summed E-state index contributed by atoms with van der Waals surface area (Å²) in [7, 11) is 0. The molecule has 6 nitrogen and oxygen atoms in total. The zero-order valence-electron chi connectivity index (χ0n) is 16.2. The minimum Gasteiger partial charge on any atom is -0.492 e. The van der Waals surface area contributed by atoms with Gasteiger partial charge in [-0.15, -0.1) is 0 Å². The standard InChI is InChI=1S/C20H30N4O2/c1-14(2)13-24-16(4)19(15(3)23-24)9-10-20(25)22-17-5-7-18(8-6-17)26-12-11-21/h5-8,14H,9-13,21H2,1-4H3,(H,22,25). The Kier molecular flexibility index (Phi) is 7.21. The maximum atomic E-state index is 12.3. The van der Waals surface area contributed by atoms with Crippen LogP contribution in [0.25, 0.3) is 0 Å². The molecule has 6 heteroatoms. The van der Waals surface area contributed by atoms with E-state index in [0.717, 1.165) is 29.4 Å². The van der Waals surface area contributed by atoms with Crippen LogP contribution in [-0.4, -0.2) is 28.8 Å². The summed E-state index contributed by atoms with van der Waals surface area (Å²) in [6.07, 6.45) is 1.12. The highest BCUT2D eigenvalue weighted by atomic mass is 16.5. The van der Waals surface area contributed by atoms with E-state index in [2.05, 4.69) is 31.2 Å². The zero-order chi connectivity index (χ0) is 19.1. The lowest BCUT2D eigenvalue weighted by Crippen LogP contribution is -2.13. The lowest BCUT2D eigenvalue weighted by molar-refractivity contribution is -0.116. The molecule has 0 fully saturated rings. The van der Waals surface area contributed by atoms with E-state index in [1.165, 1.54) is 5.56 Å². The predicted octanol–water partition coefficient (Wildman–Crippen LogP) is 3.06. The van der Waals surface area contributed by atoms with Gasteiger partial charge in [-0.2, -0.15) is 5.10 Å². The highest BCUT2D eigenvalue weighted by molar-refractivity contribution is 5.90. The number of hydrogen-bond acceptors (Lipinski definition) is 4. The number of nitrogens with two attached hydrogens (primary N) is 1. The van der Waals surface area contributed by atoms with Crippen LogP contribution in [-0.2, 0) is 17.8 Å². The molecular formula is C20H30N4O2. The van der Waals surface area contributed by atoms with Gasteiger partial charge < -0.3 is 15.8 Å². The van der Waals surface area contributed by atoms with E-state index in [0.29, 0.717) is 31.9 Å². The summed E-state index contributed by atoms with van der Waals surface area (Å²) in [6.45, 7) is 10.3. The molecule has 0 saturated heterocycles. The van der Waals surface area contributed by atoms with Gasteiger partial charge in [0.2, 0.25) is 5.91 Å². The monoisotopic (exact) mass is 358 g/mol. The van der Waals surface area contributed by atoms with Crippen molar-refractivity contribution in [1.29, 1.82) is 0 Å². The Morgan fingerprint density at radius 1 is 1.27 bits per heavy atom. The second-order valence-electron chi connectivity index (χ2n) is 6.94. The Morgan fingerprint density at radius 3 is 2.58 bits per heavy atom. The molecule has 0 aliphatic carbocycles. The van der Waals surface area contributed by atoms with Crippen molar-refractivity contribution in [2.75, 3.05) is 18.5 Å². The number of aromatic nitrogens is 2. The normalized spacial score (nSPS) is 11.0. The molecule has 26 heavy (non-hydrogen) atoms. The maximum Gasteiger partial charge on any atom is 0.224 e. The fourth-order valence-corrected chi connectivity index (χ4v) is 2.89. The number of carbonyl (C=O) groups is 1. The van der Waals surface area contributed by atoms with Gasteiger partial charge in [-0.3, -0.25) is 9.48 Å². The van der Waals surface area contributed by atoms with Crippen molar-refractivity contribution in [3.8, 4) is 5.75 Å². The summed E-state index contributed by atoms with van der Waals surface area (Å²) in [5, 5.41) is 7.54. The molecule has 0 spiro atoms. The number of nitrogens with zero attached hydrogens (tertiary/aromatic N) is 2. The Morgan fingerprint density at radius 2 is 1.96 bits per heavy atom. The molecule has 0 unspecified atom stereocenters. The van der Waals surface area contributed by atoms with Gasteiger partial charge in [0.25, 0.3) is 0 Å². The first-order chi connectivity index (χ1) is 12.4. The SMILES string of the molecule is Cc1nn(CC(C)C)c(C)c1CCC(=O)Nc1ccc(OCCN)cc1. The van der Waals surface area contributed by atoms with Crippen LogP contribution in [0.15, 0.2) is 24.3 Å². The van der Waals surface area contributed by atoms with Crippen molar-refractivity contribution in [2.24, 2.45) is 11.7 Å². The molecule has 0 saturated carbocycles. The summed E-state index contributed by atoms with van der Waals surface area (Å²) < 4.78 is 7.48. The fraction of sp³-hybridized carbons (Fsp3) is 0.500. The lowest BCUT2D eigenvalue weighted by atomic mass is 10.1. The van der Waals surface area contributed by atoms with Crippen LogP contribution in [0.5, 0.6) is 5.75 Å². The van der Waals surface area contributed by atoms with Crippen LogP contribution in [0.1, 0.15) is 37.2 Å². The number of rotatable bonds is 9. The molecule has 2 aromatic rings. The minimum absolute atomic E-state index is 0.00367. The van der Waals surface area contributed by atoms with E-state index in [4.69, 9.17) is 10.5 Å². The third-order valence-corrected chi connectivity index (χ3v) is 4.20. The number of anilines is 1. The second-order valence-corrected chi connectivity index (χ2v) is 6.94. The van der Waals surface area contributed by atoms with Gasteiger partial charge in [0.15, 0.2) is 0 Å². The van der Waals surface area contributed by atoms with E-state index in [9.17, 15) is 4.79 Å². The number of nitrogens with one attached hydrogen (secondary N) is 1. The van der Waals surface area contributed by atoms with Gasteiger partial charge in [-0.05, 0) is 56.0 Å². The van der Waals surface area contributed by atoms with Crippen LogP contribution in [0.4, 0.5) is 5.69 Å². The Balaban J connectivity index is 1.90. The Hall–Kier alpha value is -2.34. The van der Waals surface area contributed by atoms with Crippen LogP contribution < -0.4 is 15.8 Å². The van der Waals surface area contributed by atoms with E-state index in [1.54, 1.807) is 0 Å². The highest BCUT2D eigenvalue weighted by Crippen LogP contribution is 2.18. The first-order valence-electron chi connectivity index (χ1n) is 9.16. The van der Waals surface area contributed by atoms with Crippen molar-refractivity contribution < 1.29 is 9.53 Å². The molecule has 1 aromatic heterocycles. The molecular weight excluding hydrogens is 328 g/mol. The van der Waals surface area contributed by atoms with E-state index in [-0.39, 0.29) is 5.91 Å². The summed E-state index contributed by atoms with van der Waals surface area (Å²) >= 11 is 0. The molecule has 3 N–H and O–H groups in total. The average molecular weight is 358 g/mol. The molecule has 0 atom stereocenters. The minimum atomic E-state index is -0.00367. The summed E-state index contributed by atoms with van der Waals surface area (Å²) in [4.78, 5) is 12.3. The van der Waals surface area contributed by atoms with Gasteiger partial charge in [0.05, 0.1) is 5.69 Å². The Labute approximate surface area is 155 Å². The lowest BCUT2D eigenvalue weighted by Gasteiger charge is -2.09. The number of aryl methyl sites for hydroxylation is 1. The quantitative estimate of drug-likeness (QED) is 0.722. The zero-order valence-corrected chi connectivity index (χ0v) is 16.2. The first-order valence-corrected chi connectivity index (χ1v) is 9.16. The van der Waals surface area contributed by atoms with Crippen molar-refractivity contribution in [3.63, 3.8) is 0 Å². The number of ether oxygens (including phenoxy) is 1. The van der Waals surface area contributed by atoms with Crippen molar-refractivity contribution in [2.45, 2.75) is 47.1 Å². The van der Waals surface area contributed by atoms with Crippen LogP contribution >= 0.6 is 0 Å². The van der Waals surface area contributed by atoms with Crippen LogP contribution in [0.3, 0.4) is 0 Å². The van der Waals surface area contributed by atoms with Crippen molar-refractivity contribution >= 4 is 11.6 Å². The number of amides is 1. The van der Waals surface area contributed by atoms with Gasteiger partial charge >= 0.3 is 0 Å². The van der Waals surface area contributed by atoms with Gasteiger partial charge in [-0.25, -0.2) is 0 Å². The molecule has 0 bridgehead atoms. The second kappa shape index (κ2) is 9.38. The summed E-state index contributed by atoms with van der Waals surface area (Å²) in [6, 6.07) is 7.33. The predicted molar refractivity (Wildman–Crippen MR) is 104 cm³/mol. The third kappa shape index (κ3) is 5.59. The molecule has 1 heterocycles. The van der Waals surface area contributed by atoms with E-state index >= 15 is 0 Å². The highest BCUT2D eigenvalue weighted by Gasteiger charge is 2.14. The topological polar surface area (TPSA) is 82.2 Å². The number of hydrogen-bond donors (Lipinski definition) is 2. The van der Waals surface area contributed by atoms with Crippen molar-refractivity contribution in [3.05, 3.63) is 41.2 Å². The fourth-order valence-electron chi connectivity index (χ4n) is 2.89. The van der Waals surface area contributed by atoms with Crippen LogP contribution in [0.2, 0.25) is 0 Å².